The van der Waals surface area contributed by atoms with Gasteiger partial charge in [-0.05, 0) is 48.7 Å². The average Bonchev–Trinajstić information content (AvgIpc) is 3.04. The molecule has 0 spiro atoms. The minimum atomic E-state index is -0.354. The van der Waals surface area contributed by atoms with Crippen LogP contribution in [0, 0.1) is 5.92 Å². The summed E-state index contributed by atoms with van der Waals surface area (Å²) in [6.45, 7) is 0.388. The molecule has 0 aromatic heterocycles. The van der Waals surface area contributed by atoms with Gasteiger partial charge in [0.15, 0.2) is 0 Å². The van der Waals surface area contributed by atoms with Crippen LogP contribution in [0.1, 0.15) is 6.42 Å². The van der Waals surface area contributed by atoms with Crippen molar-refractivity contribution < 1.29 is 14.3 Å². The maximum absolute atomic E-state index is 12.5. The van der Waals surface area contributed by atoms with Crippen molar-refractivity contribution in [3.63, 3.8) is 0 Å². The van der Waals surface area contributed by atoms with E-state index in [1.165, 1.54) is 0 Å². The fourth-order valence-corrected chi connectivity index (χ4v) is 3.30. The van der Waals surface area contributed by atoms with Crippen LogP contribution in [0.5, 0.6) is 5.75 Å². The molecule has 0 radical (unpaired) electrons. The molecule has 0 saturated carbocycles. The molecule has 1 fully saturated rings. The number of carbonyl (C=O) groups excluding carboxylic acids is 2. The van der Waals surface area contributed by atoms with Gasteiger partial charge in [0.05, 0.1) is 13.0 Å². The molecule has 25 heavy (non-hydrogen) atoms. The molecule has 2 aromatic carbocycles. The van der Waals surface area contributed by atoms with Gasteiger partial charge in [0.2, 0.25) is 11.8 Å². The highest BCUT2D eigenvalue weighted by Crippen LogP contribution is 2.28. The topological polar surface area (TPSA) is 58.6 Å². The van der Waals surface area contributed by atoms with Crippen LogP contribution in [-0.4, -0.2) is 31.7 Å². The van der Waals surface area contributed by atoms with Crippen LogP contribution in [0.25, 0.3) is 0 Å². The van der Waals surface area contributed by atoms with Crippen molar-refractivity contribution in [2.24, 2.45) is 5.92 Å². The number of nitrogens with zero attached hydrogens (tertiary/aromatic N) is 1. The zero-order valence-electron chi connectivity index (χ0n) is 14.2. The Kier molecular flexibility index (Phi) is 5.28. The fourth-order valence-electron chi connectivity index (χ4n) is 2.84. The van der Waals surface area contributed by atoms with Crippen molar-refractivity contribution in [3.8, 4) is 5.75 Å². The predicted molar refractivity (Wildman–Crippen MR) is 100 cm³/mol. The predicted octanol–water partition coefficient (Wildman–Crippen LogP) is 3.41. The van der Waals surface area contributed by atoms with Crippen LogP contribution in [0.2, 0.25) is 0 Å². The van der Waals surface area contributed by atoms with Crippen molar-refractivity contribution in [1.82, 2.24) is 0 Å². The first kappa shape index (κ1) is 17.4. The van der Waals surface area contributed by atoms with Gasteiger partial charge in [-0.2, -0.15) is 0 Å². The third-order valence-electron chi connectivity index (χ3n) is 4.22. The molecule has 1 N–H and O–H groups in total. The van der Waals surface area contributed by atoms with Gasteiger partial charge in [-0.1, -0.05) is 6.07 Å². The van der Waals surface area contributed by atoms with Gasteiger partial charge >= 0.3 is 0 Å². The molecule has 130 valence electrons. The van der Waals surface area contributed by atoms with Gasteiger partial charge in [0.1, 0.15) is 5.75 Å². The Morgan fingerprint density at radius 3 is 2.68 bits per heavy atom. The van der Waals surface area contributed by atoms with Crippen LogP contribution < -0.4 is 15.0 Å². The highest BCUT2D eigenvalue weighted by atomic mass is 32.2. The molecule has 1 atom stereocenters. The van der Waals surface area contributed by atoms with E-state index in [9.17, 15) is 9.59 Å². The first-order chi connectivity index (χ1) is 12.1. The summed E-state index contributed by atoms with van der Waals surface area (Å²) in [5, 5.41) is 2.92. The van der Waals surface area contributed by atoms with Gasteiger partial charge in [0.25, 0.3) is 0 Å². The van der Waals surface area contributed by atoms with Gasteiger partial charge in [-0.25, -0.2) is 0 Å². The quantitative estimate of drug-likeness (QED) is 0.834. The van der Waals surface area contributed by atoms with E-state index in [1.54, 1.807) is 23.8 Å². The molecular formula is C19H20N2O3S. The third-order valence-corrected chi connectivity index (χ3v) is 4.94. The molecule has 1 aliphatic rings. The van der Waals surface area contributed by atoms with Gasteiger partial charge in [-0.3, -0.25) is 9.59 Å². The molecule has 0 unspecified atom stereocenters. The Morgan fingerprint density at radius 1 is 1.24 bits per heavy atom. The van der Waals surface area contributed by atoms with E-state index >= 15 is 0 Å². The van der Waals surface area contributed by atoms with Crippen LogP contribution in [0.3, 0.4) is 0 Å². The van der Waals surface area contributed by atoms with Crippen molar-refractivity contribution in [2.75, 3.05) is 30.1 Å². The number of nitrogens with one attached hydrogen (secondary N) is 1. The summed E-state index contributed by atoms with van der Waals surface area (Å²) in [6.07, 6.45) is 2.21. The second-order valence-electron chi connectivity index (χ2n) is 5.82. The second kappa shape index (κ2) is 7.61. The Morgan fingerprint density at radius 2 is 2.00 bits per heavy atom. The number of hydrogen-bond donors (Lipinski definition) is 1. The minimum Gasteiger partial charge on any atom is -0.497 e. The Labute approximate surface area is 151 Å². The maximum atomic E-state index is 12.5. The molecule has 5 nitrogen and oxygen atoms in total. The highest BCUT2D eigenvalue weighted by molar-refractivity contribution is 7.98. The Hall–Kier alpha value is -2.47. The Bertz CT molecular complexity index is 776. The normalized spacial score (nSPS) is 16.8. The first-order valence-corrected chi connectivity index (χ1v) is 9.22. The monoisotopic (exact) mass is 356 g/mol. The van der Waals surface area contributed by atoms with Crippen molar-refractivity contribution in [3.05, 3.63) is 48.5 Å². The number of carbonyl (C=O) groups is 2. The van der Waals surface area contributed by atoms with Gasteiger partial charge in [-0.15, -0.1) is 11.8 Å². The molecule has 1 heterocycles. The lowest BCUT2D eigenvalue weighted by Crippen LogP contribution is -2.28. The number of anilines is 2. The number of rotatable bonds is 5. The number of methoxy groups -OCH3 is 1. The lowest BCUT2D eigenvalue weighted by atomic mass is 10.1. The van der Waals surface area contributed by atoms with Crippen LogP contribution in [0.15, 0.2) is 53.4 Å². The van der Waals surface area contributed by atoms with E-state index in [4.69, 9.17) is 4.74 Å². The van der Waals surface area contributed by atoms with E-state index in [-0.39, 0.29) is 24.2 Å². The molecule has 6 heteroatoms. The van der Waals surface area contributed by atoms with E-state index in [1.807, 2.05) is 54.8 Å². The van der Waals surface area contributed by atoms with E-state index in [2.05, 4.69) is 5.32 Å². The molecule has 3 rings (SSSR count). The second-order valence-corrected chi connectivity index (χ2v) is 6.70. The zero-order valence-corrected chi connectivity index (χ0v) is 15.0. The largest absolute Gasteiger partial charge is 0.497 e. The molecule has 1 saturated heterocycles. The first-order valence-electron chi connectivity index (χ1n) is 8.00. The summed E-state index contributed by atoms with van der Waals surface area (Å²) in [6, 6.07) is 15.0. The summed E-state index contributed by atoms with van der Waals surface area (Å²) in [4.78, 5) is 27.6. The van der Waals surface area contributed by atoms with Gasteiger partial charge < -0.3 is 15.0 Å². The highest BCUT2D eigenvalue weighted by Gasteiger charge is 2.35. The molecular weight excluding hydrogens is 336 g/mol. The lowest BCUT2D eigenvalue weighted by molar-refractivity contribution is -0.122. The molecule has 0 bridgehead atoms. The summed E-state index contributed by atoms with van der Waals surface area (Å²) in [5.41, 5.74) is 1.54. The minimum absolute atomic E-state index is 0.0387. The number of hydrogen-bond acceptors (Lipinski definition) is 4. The number of amides is 2. The summed E-state index contributed by atoms with van der Waals surface area (Å²) in [7, 11) is 1.60. The van der Waals surface area contributed by atoms with Crippen LogP contribution in [0.4, 0.5) is 11.4 Å². The van der Waals surface area contributed by atoms with Crippen molar-refractivity contribution in [2.45, 2.75) is 11.3 Å². The van der Waals surface area contributed by atoms with Crippen molar-refractivity contribution >= 4 is 35.0 Å². The van der Waals surface area contributed by atoms with Crippen LogP contribution in [-0.2, 0) is 9.59 Å². The number of ether oxygens (including phenoxy) is 1. The molecule has 1 aliphatic heterocycles. The van der Waals surface area contributed by atoms with E-state index in [0.29, 0.717) is 6.54 Å². The zero-order chi connectivity index (χ0) is 17.8. The number of benzene rings is 2. The lowest BCUT2D eigenvalue weighted by Gasteiger charge is -2.17. The summed E-state index contributed by atoms with van der Waals surface area (Å²) < 4.78 is 5.13. The smallest absolute Gasteiger partial charge is 0.229 e. The Balaban J connectivity index is 1.67. The fraction of sp³-hybridized carbons (Fsp3) is 0.263. The average molecular weight is 356 g/mol. The summed E-state index contributed by atoms with van der Waals surface area (Å²) >= 11 is 1.62. The third kappa shape index (κ3) is 3.96. The molecule has 2 aromatic rings. The molecule has 0 aliphatic carbocycles. The van der Waals surface area contributed by atoms with Crippen LogP contribution >= 0.6 is 11.8 Å². The maximum Gasteiger partial charge on any atom is 0.229 e. The molecule has 2 amide bonds. The standard InChI is InChI=1S/C19H20N2O3S/c1-24-16-8-6-15(7-9-16)21-12-13(10-18(21)22)19(23)20-14-4-3-5-17(11-14)25-2/h3-9,11,13H,10,12H2,1-2H3,(H,20,23)/t13-/m0/s1. The number of thioether (sulfide) groups is 1. The summed E-state index contributed by atoms with van der Waals surface area (Å²) in [5.74, 6) is 0.219. The van der Waals surface area contributed by atoms with Crippen molar-refractivity contribution in [1.29, 1.82) is 0 Å². The van der Waals surface area contributed by atoms with E-state index < -0.39 is 0 Å². The SMILES string of the molecule is COc1ccc(N2C[C@@H](C(=O)Nc3cccc(SC)c3)CC2=O)cc1. The van der Waals surface area contributed by atoms with Gasteiger partial charge in [0, 0.05) is 29.2 Å². The van der Waals surface area contributed by atoms with E-state index in [0.717, 1.165) is 22.0 Å².